The van der Waals surface area contributed by atoms with Crippen LogP contribution in [0.15, 0.2) is 19.0 Å². The molecule has 21 heteroatoms. The van der Waals surface area contributed by atoms with E-state index in [4.69, 9.17) is 83.8 Å². The molecule has 0 fully saturated rings. The van der Waals surface area contributed by atoms with Gasteiger partial charge in [0, 0.05) is 58.3 Å². The molecule has 1 N–H and O–H groups in total. The first kappa shape index (κ1) is 37.6. The van der Waals surface area contributed by atoms with Crippen LogP contribution in [0.4, 0.5) is 4.39 Å². The maximum absolute atomic E-state index is 9.96. The van der Waals surface area contributed by atoms with Crippen LogP contribution in [0, 0.1) is 83.0 Å². The molecule has 6 aromatic heterocycles. The Kier molecular flexibility index (Phi) is 16.7. The molecule has 0 unspecified atom stereocenters. The van der Waals surface area contributed by atoms with Gasteiger partial charge in [0.05, 0.1) is 40.6 Å². The van der Waals surface area contributed by atoms with Crippen molar-refractivity contribution in [1.29, 1.82) is 0 Å². The van der Waals surface area contributed by atoms with Gasteiger partial charge in [-0.3, -0.25) is 4.39 Å². The summed E-state index contributed by atoms with van der Waals surface area (Å²) in [6, 6.07) is 0. The summed E-state index contributed by atoms with van der Waals surface area (Å²) >= 11 is 34.2. The second kappa shape index (κ2) is 19.0. The van der Waals surface area contributed by atoms with E-state index < -0.39 is 7.15 Å². The van der Waals surface area contributed by atoms with Crippen molar-refractivity contribution >= 4 is 103 Å². The monoisotopic (exact) mass is 1150 g/mol. The second-order valence-corrected chi connectivity index (χ2v) is 9.04. The average Bonchev–Trinajstić information content (AvgIpc) is 3.65. The normalized spacial score (nSPS) is 9.93. The molecule has 0 saturated carbocycles. The number of hydrogen-bond acceptors (Lipinski definition) is 9. The smallest absolute Gasteiger partial charge is 0.225 e. The van der Waals surface area contributed by atoms with E-state index in [0.717, 1.165) is 0 Å². The molecule has 0 radical (unpaired) electrons. The Morgan fingerprint density at radius 2 is 1.30 bits per heavy atom. The number of terminal acetylenes is 2. The summed E-state index contributed by atoms with van der Waals surface area (Å²) in [7, 11) is -1.00. The van der Waals surface area contributed by atoms with Gasteiger partial charge >= 0.3 is 0 Å². The summed E-state index contributed by atoms with van der Waals surface area (Å²) in [5.74, 6) is 4.96. The summed E-state index contributed by atoms with van der Waals surface area (Å²) in [5.41, 5.74) is 3.20. The van der Waals surface area contributed by atoms with Gasteiger partial charge in [-0.05, 0) is 34.8 Å². The van der Waals surface area contributed by atoms with E-state index in [1.165, 1.54) is 6.33 Å². The van der Waals surface area contributed by atoms with Gasteiger partial charge in [-0.25, -0.2) is 29.9 Å². The molecule has 222 valence electrons. The molecule has 43 heavy (non-hydrogen) atoms. The van der Waals surface area contributed by atoms with E-state index in [9.17, 15) is 4.39 Å². The number of aromatic nitrogens is 12. The zero-order valence-corrected chi connectivity index (χ0v) is 32.2. The van der Waals surface area contributed by atoms with Crippen molar-refractivity contribution in [3.05, 3.63) is 50.3 Å². The molecule has 0 amide bonds. The summed E-state index contributed by atoms with van der Waals surface area (Å²) in [6.07, 6.45) is 15.0. The molecule has 0 spiro atoms. The maximum Gasteiger partial charge on any atom is 0.225 e. The van der Waals surface area contributed by atoms with Crippen molar-refractivity contribution in [3.8, 4) is 24.7 Å². The number of alkyl halides is 1. The number of fused-ring (bicyclic) bond motifs is 3. The number of aromatic amines is 1. The molecule has 6 rings (SSSR count). The van der Waals surface area contributed by atoms with E-state index in [1.54, 1.807) is 21.8 Å². The summed E-state index contributed by atoms with van der Waals surface area (Å²) < 4.78 is 18.9. The Morgan fingerprint density at radius 3 is 1.95 bits per heavy atom. The summed E-state index contributed by atoms with van der Waals surface area (Å²) in [4.78, 5) is 37.7. The number of rotatable bonds is 2. The Labute approximate surface area is 318 Å². The standard InChI is InChI=1S/2C8H4Cl2N4.C5H2Cl2N4.CH3F.2Pu/c1-2-3-14-4-11-7-5(14)6(9)12-8(10)13-7;1-2-3-14-4-11-5-6(9)12-8(10)13-7(5)14;6-3-2-4(9-1-8-2)11-5(7)10-3;1-2;;/h2*1,4H,3H2;1H,(H,8,9,10,11);1H3;;/i;;;1D;;. The second-order valence-electron chi connectivity index (χ2n) is 6.95. The molecule has 6 aromatic rings. The first-order valence-electron chi connectivity index (χ1n) is 11.2. The SMILES string of the molecule is C#CCn1cnc2c(Cl)nc(Cl)nc21.C#CCn1cnc2nc(Cl)nc(Cl)c21.Clc1nc(Cl)c2[nH]cnc2n1.[2H]CF.[Pu].[Pu]. The van der Waals surface area contributed by atoms with E-state index in [2.05, 4.69) is 61.7 Å². The van der Waals surface area contributed by atoms with Crippen molar-refractivity contribution in [1.82, 2.24) is 59.0 Å². The minimum Gasteiger partial charge on any atom is -0.341 e. The predicted molar refractivity (Wildman–Crippen MR) is 157 cm³/mol. The minimum absolute atomic E-state index is 0. The number of imidazole rings is 3. The van der Waals surface area contributed by atoms with Gasteiger partial charge in [0.15, 0.2) is 32.4 Å². The Bertz CT molecular complexity index is 1920. The summed E-state index contributed by atoms with van der Waals surface area (Å²) in [6.45, 7) is 0.751. The van der Waals surface area contributed by atoms with Gasteiger partial charge in [0.2, 0.25) is 15.9 Å². The van der Waals surface area contributed by atoms with Gasteiger partial charge in [-0.1, -0.05) is 46.6 Å². The molecule has 0 saturated heterocycles. The van der Waals surface area contributed by atoms with Crippen LogP contribution in [0.1, 0.15) is 1.37 Å². The Morgan fingerprint density at radius 1 is 0.767 bits per heavy atom. The van der Waals surface area contributed by atoms with Crippen molar-refractivity contribution in [3.63, 3.8) is 0 Å². The molecular formula is C22H13Cl6FN12Pu2. The molecule has 0 aliphatic rings. The minimum atomic E-state index is -1.00. The van der Waals surface area contributed by atoms with Gasteiger partial charge in [-0.2, -0.15) is 15.0 Å². The van der Waals surface area contributed by atoms with Crippen LogP contribution in [-0.4, -0.2) is 66.1 Å². The predicted octanol–water partition coefficient (Wildman–Crippen LogP) is 5.78. The van der Waals surface area contributed by atoms with Gasteiger partial charge in [-0.15, -0.1) is 12.8 Å². The number of H-pyrrole nitrogens is 1. The maximum atomic E-state index is 9.96. The van der Waals surface area contributed by atoms with Crippen molar-refractivity contribution in [2.45, 2.75) is 13.1 Å². The molecule has 0 aromatic carbocycles. The van der Waals surface area contributed by atoms with E-state index in [1.807, 2.05) is 0 Å². The van der Waals surface area contributed by atoms with E-state index >= 15 is 0 Å². The molecule has 0 aliphatic heterocycles. The van der Waals surface area contributed by atoms with Crippen LogP contribution in [-0.2, 0) is 13.1 Å². The fourth-order valence-electron chi connectivity index (χ4n) is 3.00. The first-order valence-corrected chi connectivity index (χ1v) is 12.7. The topological polar surface area (TPSA) is 142 Å². The Hall–Kier alpha value is -1.59. The van der Waals surface area contributed by atoms with Crippen molar-refractivity contribution in [2.75, 3.05) is 7.15 Å². The van der Waals surface area contributed by atoms with Crippen LogP contribution in [0.2, 0.25) is 31.3 Å². The number of hydrogen-bond donors (Lipinski definition) is 1. The average molecular weight is 1170 g/mol. The molecule has 0 atom stereocenters. The molecule has 0 bridgehead atoms. The van der Waals surface area contributed by atoms with Gasteiger partial charge in [0.25, 0.3) is 0 Å². The van der Waals surface area contributed by atoms with E-state index in [-0.39, 0.29) is 89.7 Å². The number of nitrogens with zero attached hydrogens (tertiary/aromatic N) is 11. The molecule has 6 heterocycles. The molecular weight excluding hydrogens is 1150 g/mol. The van der Waals surface area contributed by atoms with Crippen LogP contribution < -0.4 is 0 Å². The number of halogens is 7. The third kappa shape index (κ3) is 10.2. The van der Waals surface area contributed by atoms with Gasteiger partial charge in [0.1, 0.15) is 16.6 Å². The zero-order valence-electron chi connectivity index (χ0n) is 21.9. The van der Waals surface area contributed by atoms with Crippen LogP contribution in [0.25, 0.3) is 33.5 Å². The van der Waals surface area contributed by atoms with Crippen LogP contribution >= 0.6 is 69.6 Å². The summed E-state index contributed by atoms with van der Waals surface area (Å²) in [5, 5.41) is 1.05. The zero-order chi connectivity index (χ0) is 30.8. The van der Waals surface area contributed by atoms with Crippen molar-refractivity contribution < 1.29 is 64.1 Å². The first-order chi connectivity index (χ1) is 20.1. The van der Waals surface area contributed by atoms with Crippen LogP contribution in [0.5, 0.6) is 0 Å². The van der Waals surface area contributed by atoms with Crippen LogP contribution in [0.3, 0.4) is 0 Å². The quantitative estimate of drug-likeness (QED) is 0.130. The third-order valence-electron chi connectivity index (χ3n) is 4.53. The largest absolute Gasteiger partial charge is 0.341 e. The fourth-order valence-corrected chi connectivity index (χ4v) is 4.33. The van der Waals surface area contributed by atoms with Crippen molar-refractivity contribution in [2.24, 2.45) is 0 Å². The van der Waals surface area contributed by atoms with Gasteiger partial charge < -0.3 is 14.1 Å². The Balaban J connectivity index is 0.000000311. The number of nitrogens with one attached hydrogen (secondary N) is 1. The molecule has 0 aliphatic carbocycles. The fraction of sp³-hybridized carbons (Fsp3) is 0.136. The molecule has 12 nitrogen and oxygen atoms in total. The van der Waals surface area contributed by atoms with E-state index in [0.29, 0.717) is 46.6 Å². The third-order valence-corrected chi connectivity index (χ3v) is 5.84.